The summed E-state index contributed by atoms with van der Waals surface area (Å²) in [4.78, 5) is 14.9. The van der Waals surface area contributed by atoms with E-state index in [0.29, 0.717) is 5.92 Å². The Morgan fingerprint density at radius 2 is 1.72 bits per heavy atom. The molecule has 136 valence electrons. The van der Waals surface area contributed by atoms with Crippen molar-refractivity contribution >= 4 is 21.4 Å². The van der Waals surface area contributed by atoms with E-state index in [2.05, 4.69) is 13.8 Å². The summed E-state index contributed by atoms with van der Waals surface area (Å²) in [5.41, 5.74) is 2.01. The van der Waals surface area contributed by atoms with Gasteiger partial charge in [-0.2, -0.15) is 0 Å². The summed E-state index contributed by atoms with van der Waals surface area (Å²) < 4.78 is 23.8. The van der Waals surface area contributed by atoms with Gasteiger partial charge in [0.15, 0.2) is 9.84 Å². The molecule has 1 fully saturated rings. The van der Waals surface area contributed by atoms with E-state index in [9.17, 15) is 13.2 Å². The van der Waals surface area contributed by atoms with Gasteiger partial charge in [-0.1, -0.05) is 45.2 Å². The number of hydrogen-bond acceptors (Lipinski definition) is 3. The molecule has 0 saturated heterocycles. The molecule has 1 aliphatic carbocycles. The minimum absolute atomic E-state index is 0.00947. The van der Waals surface area contributed by atoms with Crippen LogP contribution >= 0.6 is 0 Å². The van der Waals surface area contributed by atoms with Gasteiger partial charge < -0.3 is 4.90 Å². The van der Waals surface area contributed by atoms with Crippen LogP contribution in [0.3, 0.4) is 0 Å². The van der Waals surface area contributed by atoms with Crippen LogP contribution in [-0.2, 0) is 14.6 Å². The molecule has 3 rings (SSSR count). The van der Waals surface area contributed by atoms with Gasteiger partial charge in [0.2, 0.25) is 5.91 Å². The number of anilines is 1. The molecule has 1 heterocycles. The first-order valence-corrected chi connectivity index (χ1v) is 10.9. The summed E-state index contributed by atoms with van der Waals surface area (Å²) in [7, 11) is -3.21. The Labute approximate surface area is 150 Å². The molecule has 1 aromatic rings. The molecule has 25 heavy (non-hydrogen) atoms. The van der Waals surface area contributed by atoms with Crippen LogP contribution in [0.4, 0.5) is 5.69 Å². The van der Waals surface area contributed by atoms with Gasteiger partial charge in [-0.3, -0.25) is 4.79 Å². The summed E-state index contributed by atoms with van der Waals surface area (Å²) in [5.74, 6) is 0.486. The predicted octanol–water partition coefficient (Wildman–Crippen LogP) is 4.03. The molecule has 1 atom stereocenters. The molecular weight excluding hydrogens is 334 g/mol. The number of sulfone groups is 1. The monoisotopic (exact) mass is 361 g/mol. The van der Waals surface area contributed by atoms with Crippen molar-refractivity contribution < 1.29 is 13.2 Å². The minimum atomic E-state index is -3.21. The van der Waals surface area contributed by atoms with Crippen molar-refractivity contribution in [3.8, 4) is 0 Å². The molecular formula is C20H27NO3S. The molecule has 0 spiro atoms. The first kappa shape index (κ1) is 18.2. The van der Waals surface area contributed by atoms with E-state index in [0.717, 1.165) is 31.4 Å². The van der Waals surface area contributed by atoms with Crippen molar-refractivity contribution in [2.24, 2.45) is 5.92 Å². The average Bonchev–Trinajstić information content (AvgIpc) is 2.96. The highest BCUT2D eigenvalue weighted by Gasteiger charge is 2.35. The van der Waals surface area contributed by atoms with E-state index in [1.807, 2.05) is 24.3 Å². The molecule has 2 aliphatic rings. The lowest BCUT2D eigenvalue weighted by atomic mass is 9.87. The number of rotatable bonds is 4. The Morgan fingerprint density at radius 3 is 2.24 bits per heavy atom. The fourth-order valence-corrected chi connectivity index (χ4v) is 5.04. The molecule has 4 nitrogen and oxygen atoms in total. The summed E-state index contributed by atoms with van der Waals surface area (Å²) in [5, 5.41) is 1.25. The minimum Gasteiger partial charge on any atom is -0.304 e. The van der Waals surface area contributed by atoms with Gasteiger partial charge in [0.05, 0.1) is 11.8 Å². The van der Waals surface area contributed by atoms with Crippen LogP contribution in [0.1, 0.15) is 57.4 Å². The van der Waals surface area contributed by atoms with Crippen molar-refractivity contribution in [1.29, 1.82) is 0 Å². The van der Waals surface area contributed by atoms with Gasteiger partial charge >= 0.3 is 0 Å². The average molecular weight is 362 g/mol. The molecule has 1 amide bonds. The number of carbonyl (C=O) groups is 1. The fourth-order valence-electron chi connectivity index (χ4n) is 3.77. The van der Waals surface area contributed by atoms with Crippen LogP contribution < -0.4 is 4.90 Å². The van der Waals surface area contributed by atoms with E-state index in [4.69, 9.17) is 0 Å². The summed E-state index contributed by atoms with van der Waals surface area (Å²) in [6.45, 7) is 4.26. The first-order valence-electron chi connectivity index (χ1n) is 9.21. The second-order valence-electron chi connectivity index (χ2n) is 7.51. The Bertz CT molecular complexity index is 744. The zero-order valence-corrected chi connectivity index (χ0v) is 15.8. The van der Waals surface area contributed by atoms with E-state index < -0.39 is 15.9 Å². The second-order valence-corrected chi connectivity index (χ2v) is 9.45. The Morgan fingerprint density at radius 1 is 1.08 bits per heavy atom. The Hall–Kier alpha value is -1.62. The second kappa shape index (κ2) is 7.32. The fraction of sp³-hybridized carbons (Fsp3) is 0.550. The molecule has 1 saturated carbocycles. The summed E-state index contributed by atoms with van der Waals surface area (Å²) in [6.07, 6.45) is 6.81. The molecule has 0 aromatic heterocycles. The maximum atomic E-state index is 13.2. The summed E-state index contributed by atoms with van der Waals surface area (Å²) >= 11 is 0. The molecule has 1 aliphatic heterocycles. The third kappa shape index (κ3) is 4.14. The number of amides is 1. The Balaban J connectivity index is 1.91. The highest BCUT2D eigenvalue weighted by molar-refractivity contribution is 7.94. The highest BCUT2D eigenvalue weighted by atomic mass is 32.2. The van der Waals surface area contributed by atoms with Gasteiger partial charge in [0.1, 0.15) is 0 Å². The predicted molar refractivity (Wildman–Crippen MR) is 101 cm³/mol. The van der Waals surface area contributed by atoms with Crippen LogP contribution in [0.2, 0.25) is 0 Å². The third-order valence-electron chi connectivity index (χ3n) is 5.27. The van der Waals surface area contributed by atoms with Crippen LogP contribution in [0.15, 0.2) is 35.7 Å². The van der Waals surface area contributed by atoms with Crippen LogP contribution in [0.5, 0.6) is 0 Å². The topological polar surface area (TPSA) is 54.5 Å². The number of carbonyl (C=O) groups excluding carboxylic acids is 1. The molecule has 1 aromatic carbocycles. The maximum absolute atomic E-state index is 13.2. The lowest BCUT2D eigenvalue weighted by Crippen LogP contribution is -2.45. The zero-order valence-electron chi connectivity index (χ0n) is 15.0. The third-order valence-corrected chi connectivity index (χ3v) is 6.65. The number of nitrogens with zero attached hydrogens (tertiary/aromatic N) is 1. The Kier molecular flexibility index (Phi) is 5.32. The van der Waals surface area contributed by atoms with E-state index in [-0.39, 0.29) is 17.6 Å². The normalized spacial score (nSPS) is 23.1. The standard InChI is InChI=1S/C20H27NO3S/c1-15(2)16-8-10-18(11-9-16)21(19-12-13-25(23,24)14-19)20(22)17-6-4-3-5-7-17/h8-13,15,17,19H,3-7,14H2,1-2H3. The van der Waals surface area contributed by atoms with E-state index in [1.54, 1.807) is 11.0 Å². The molecule has 0 N–H and O–H groups in total. The smallest absolute Gasteiger partial charge is 0.230 e. The van der Waals surface area contributed by atoms with Gasteiger partial charge in [0.25, 0.3) is 0 Å². The van der Waals surface area contributed by atoms with Gasteiger partial charge in [-0.05, 0) is 42.5 Å². The van der Waals surface area contributed by atoms with Crippen LogP contribution in [0.25, 0.3) is 0 Å². The van der Waals surface area contributed by atoms with E-state index >= 15 is 0 Å². The number of benzene rings is 1. The van der Waals surface area contributed by atoms with Crippen molar-refractivity contribution in [1.82, 2.24) is 0 Å². The number of hydrogen-bond donors (Lipinski definition) is 0. The molecule has 1 unspecified atom stereocenters. The lowest BCUT2D eigenvalue weighted by molar-refractivity contribution is -0.123. The van der Waals surface area contributed by atoms with Crippen LogP contribution in [0, 0.1) is 5.92 Å². The lowest BCUT2D eigenvalue weighted by Gasteiger charge is -2.33. The first-order chi connectivity index (χ1) is 11.9. The van der Waals surface area contributed by atoms with Gasteiger partial charge in [-0.25, -0.2) is 8.42 Å². The molecule has 0 radical (unpaired) electrons. The van der Waals surface area contributed by atoms with Crippen molar-refractivity contribution in [2.75, 3.05) is 10.7 Å². The largest absolute Gasteiger partial charge is 0.304 e. The van der Waals surface area contributed by atoms with E-state index in [1.165, 1.54) is 17.4 Å². The maximum Gasteiger partial charge on any atom is 0.230 e. The van der Waals surface area contributed by atoms with Crippen molar-refractivity contribution in [3.05, 3.63) is 41.3 Å². The van der Waals surface area contributed by atoms with Crippen molar-refractivity contribution in [2.45, 2.75) is 57.9 Å². The SMILES string of the molecule is CC(C)c1ccc(N(C(=O)C2CCCCC2)C2C=CS(=O)(=O)C2)cc1. The quantitative estimate of drug-likeness (QED) is 0.813. The molecule has 0 bridgehead atoms. The zero-order chi connectivity index (χ0) is 18.0. The van der Waals surface area contributed by atoms with Crippen LogP contribution in [-0.4, -0.2) is 26.1 Å². The van der Waals surface area contributed by atoms with Gasteiger partial charge in [-0.15, -0.1) is 0 Å². The van der Waals surface area contributed by atoms with Crippen molar-refractivity contribution in [3.63, 3.8) is 0 Å². The summed E-state index contributed by atoms with van der Waals surface area (Å²) in [6, 6.07) is 7.58. The van der Waals surface area contributed by atoms with Gasteiger partial charge in [0, 0.05) is 17.0 Å². The molecule has 5 heteroatoms. The highest BCUT2D eigenvalue weighted by Crippen LogP contribution is 2.31.